The summed E-state index contributed by atoms with van der Waals surface area (Å²) in [6.07, 6.45) is 2.46. The molecule has 0 radical (unpaired) electrons. The van der Waals surface area contributed by atoms with E-state index in [1.54, 1.807) is 0 Å². The standard InChI is InChI=1S/C7H9IN2O3S/c1-4(14(2,12)13)6-9-3-5(8)7(11)10-6/h3-4H,1-2H3,(H,9,10,11). The molecule has 0 fully saturated rings. The Labute approximate surface area is 95.0 Å². The van der Waals surface area contributed by atoms with E-state index in [0.29, 0.717) is 3.57 Å². The number of hydrogen-bond acceptors (Lipinski definition) is 4. The number of aromatic amines is 1. The minimum Gasteiger partial charge on any atom is -0.309 e. The van der Waals surface area contributed by atoms with E-state index in [1.807, 2.05) is 22.6 Å². The van der Waals surface area contributed by atoms with Gasteiger partial charge in [0.25, 0.3) is 5.56 Å². The van der Waals surface area contributed by atoms with Crippen LogP contribution >= 0.6 is 22.6 Å². The van der Waals surface area contributed by atoms with E-state index >= 15 is 0 Å². The zero-order valence-corrected chi connectivity index (χ0v) is 10.6. The zero-order valence-electron chi connectivity index (χ0n) is 7.61. The first kappa shape index (κ1) is 11.6. The molecule has 0 saturated heterocycles. The Bertz CT molecular complexity index is 494. The summed E-state index contributed by atoms with van der Waals surface area (Å²) in [6, 6.07) is 0. The molecule has 0 aliphatic rings. The number of nitrogens with zero attached hydrogens (tertiary/aromatic N) is 1. The molecule has 0 aliphatic heterocycles. The smallest absolute Gasteiger partial charge is 0.264 e. The van der Waals surface area contributed by atoms with Crippen LogP contribution in [0.15, 0.2) is 11.0 Å². The van der Waals surface area contributed by atoms with Crippen molar-refractivity contribution >= 4 is 32.4 Å². The highest BCUT2D eigenvalue weighted by atomic mass is 127. The van der Waals surface area contributed by atoms with Gasteiger partial charge in [0.2, 0.25) is 0 Å². The second kappa shape index (κ2) is 3.97. The Morgan fingerprint density at radius 1 is 1.57 bits per heavy atom. The van der Waals surface area contributed by atoms with E-state index in [1.165, 1.54) is 13.1 Å². The molecule has 0 spiro atoms. The lowest BCUT2D eigenvalue weighted by Gasteiger charge is -2.07. The molecule has 0 amide bonds. The maximum absolute atomic E-state index is 11.2. The van der Waals surface area contributed by atoms with Crippen molar-refractivity contribution in [3.8, 4) is 0 Å². The molecule has 0 aliphatic carbocycles. The highest BCUT2D eigenvalue weighted by Gasteiger charge is 2.19. The molecular weight excluding hydrogens is 319 g/mol. The SMILES string of the molecule is CC(c1ncc(I)c(=O)[nH]1)S(C)(=O)=O. The second-order valence-electron chi connectivity index (χ2n) is 2.92. The molecular formula is C7H9IN2O3S. The average molecular weight is 328 g/mol. The predicted molar refractivity (Wildman–Crippen MR) is 60.8 cm³/mol. The molecule has 0 aromatic carbocycles. The third kappa shape index (κ3) is 2.53. The quantitative estimate of drug-likeness (QED) is 0.801. The van der Waals surface area contributed by atoms with Crippen molar-refractivity contribution < 1.29 is 8.42 Å². The van der Waals surface area contributed by atoms with E-state index < -0.39 is 15.1 Å². The number of H-pyrrole nitrogens is 1. The van der Waals surface area contributed by atoms with Crippen LogP contribution in [0.5, 0.6) is 0 Å². The van der Waals surface area contributed by atoms with Crippen molar-refractivity contribution in [1.82, 2.24) is 9.97 Å². The van der Waals surface area contributed by atoms with Crippen LogP contribution in [0.4, 0.5) is 0 Å². The fourth-order valence-corrected chi connectivity index (χ4v) is 1.60. The summed E-state index contributed by atoms with van der Waals surface area (Å²) < 4.78 is 22.8. The molecule has 1 aromatic heterocycles. The lowest BCUT2D eigenvalue weighted by molar-refractivity contribution is 0.589. The van der Waals surface area contributed by atoms with Crippen LogP contribution in [-0.2, 0) is 9.84 Å². The van der Waals surface area contributed by atoms with Gasteiger partial charge in [-0.3, -0.25) is 4.79 Å². The molecule has 0 saturated carbocycles. The summed E-state index contributed by atoms with van der Waals surface area (Å²) in [4.78, 5) is 17.5. The summed E-state index contributed by atoms with van der Waals surface area (Å²) in [7, 11) is -3.22. The van der Waals surface area contributed by atoms with E-state index in [-0.39, 0.29) is 11.4 Å². The molecule has 7 heteroatoms. The first-order valence-electron chi connectivity index (χ1n) is 3.76. The largest absolute Gasteiger partial charge is 0.309 e. The lowest BCUT2D eigenvalue weighted by Crippen LogP contribution is -2.19. The number of halogens is 1. The Hall–Kier alpha value is -0.440. The van der Waals surface area contributed by atoms with E-state index in [9.17, 15) is 13.2 Å². The van der Waals surface area contributed by atoms with Crippen LogP contribution in [0.1, 0.15) is 18.0 Å². The van der Waals surface area contributed by atoms with Gasteiger partial charge in [-0.05, 0) is 29.5 Å². The summed E-state index contributed by atoms with van der Waals surface area (Å²) in [5, 5.41) is -0.785. The van der Waals surface area contributed by atoms with Gasteiger partial charge in [0.05, 0.1) is 3.57 Å². The zero-order chi connectivity index (χ0) is 10.9. The van der Waals surface area contributed by atoms with Crippen LogP contribution in [0.25, 0.3) is 0 Å². The number of hydrogen-bond donors (Lipinski definition) is 1. The molecule has 1 heterocycles. The van der Waals surface area contributed by atoms with Crippen LogP contribution in [0.2, 0.25) is 0 Å². The Morgan fingerprint density at radius 2 is 2.14 bits per heavy atom. The highest BCUT2D eigenvalue weighted by molar-refractivity contribution is 14.1. The van der Waals surface area contributed by atoms with Gasteiger partial charge in [-0.2, -0.15) is 0 Å². The van der Waals surface area contributed by atoms with E-state index in [2.05, 4.69) is 9.97 Å². The average Bonchev–Trinajstić information content (AvgIpc) is 2.07. The normalized spacial score (nSPS) is 13.9. The third-order valence-corrected chi connectivity index (χ3v) is 4.08. The van der Waals surface area contributed by atoms with Gasteiger partial charge in [0, 0.05) is 12.5 Å². The summed E-state index contributed by atoms with van der Waals surface area (Å²) in [5.41, 5.74) is -0.314. The molecule has 78 valence electrons. The molecule has 1 N–H and O–H groups in total. The molecule has 14 heavy (non-hydrogen) atoms. The first-order chi connectivity index (χ1) is 6.32. The lowest BCUT2D eigenvalue weighted by atomic mass is 10.4. The topological polar surface area (TPSA) is 79.9 Å². The number of rotatable bonds is 2. The van der Waals surface area contributed by atoms with Crippen molar-refractivity contribution in [2.24, 2.45) is 0 Å². The Morgan fingerprint density at radius 3 is 2.57 bits per heavy atom. The van der Waals surface area contributed by atoms with Gasteiger partial charge in [0.15, 0.2) is 9.84 Å². The maximum Gasteiger partial charge on any atom is 0.264 e. The van der Waals surface area contributed by atoms with E-state index in [4.69, 9.17) is 0 Å². The summed E-state index contributed by atoms with van der Waals surface area (Å²) in [6.45, 7) is 1.49. The number of nitrogens with one attached hydrogen (secondary N) is 1. The summed E-state index contributed by atoms with van der Waals surface area (Å²) >= 11 is 1.83. The maximum atomic E-state index is 11.2. The molecule has 1 aromatic rings. The fraction of sp³-hybridized carbons (Fsp3) is 0.429. The second-order valence-corrected chi connectivity index (χ2v) is 6.45. The van der Waals surface area contributed by atoms with E-state index in [0.717, 1.165) is 6.26 Å². The van der Waals surface area contributed by atoms with Crippen molar-refractivity contribution in [2.45, 2.75) is 12.2 Å². The van der Waals surface area contributed by atoms with Gasteiger partial charge >= 0.3 is 0 Å². The minimum atomic E-state index is -3.22. The van der Waals surface area contributed by atoms with Crippen molar-refractivity contribution in [2.75, 3.05) is 6.26 Å². The number of aromatic nitrogens is 2. The van der Waals surface area contributed by atoms with Crippen LogP contribution in [0, 0.1) is 3.57 Å². The number of sulfone groups is 1. The van der Waals surface area contributed by atoms with Gasteiger partial charge in [0.1, 0.15) is 11.1 Å². The molecule has 1 unspecified atom stereocenters. The van der Waals surface area contributed by atoms with Gasteiger partial charge in [-0.15, -0.1) is 0 Å². The molecule has 1 rings (SSSR count). The van der Waals surface area contributed by atoms with Crippen molar-refractivity contribution in [3.05, 3.63) is 25.9 Å². The summed E-state index contributed by atoms with van der Waals surface area (Å²) in [5.74, 6) is 0.179. The van der Waals surface area contributed by atoms with Crippen LogP contribution in [-0.4, -0.2) is 24.6 Å². The first-order valence-corrected chi connectivity index (χ1v) is 6.79. The van der Waals surface area contributed by atoms with Gasteiger partial charge in [-0.25, -0.2) is 13.4 Å². The monoisotopic (exact) mass is 328 g/mol. The van der Waals surface area contributed by atoms with Crippen LogP contribution < -0.4 is 5.56 Å². The minimum absolute atomic E-state index is 0.179. The Kier molecular flexibility index (Phi) is 3.30. The molecule has 1 atom stereocenters. The fourth-order valence-electron chi connectivity index (χ4n) is 0.803. The van der Waals surface area contributed by atoms with Gasteiger partial charge < -0.3 is 4.98 Å². The van der Waals surface area contributed by atoms with Crippen molar-refractivity contribution in [1.29, 1.82) is 0 Å². The molecule has 0 bridgehead atoms. The predicted octanol–water partition coefficient (Wildman–Crippen LogP) is 0.480. The van der Waals surface area contributed by atoms with Crippen molar-refractivity contribution in [3.63, 3.8) is 0 Å². The Balaban J connectivity index is 3.23. The highest BCUT2D eigenvalue weighted by Crippen LogP contribution is 2.15. The third-order valence-electron chi connectivity index (χ3n) is 1.80. The van der Waals surface area contributed by atoms with Crippen LogP contribution in [0.3, 0.4) is 0 Å². The van der Waals surface area contributed by atoms with Gasteiger partial charge in [-0.1, -0.05) is 0 Å². The molecule has 5 nitrogen and oxygen atoms in total.